The summed E-state index contributed by atoms with van der Waals surface area (Å²) in [4.78, 5) is 21.5. The number of halogens is 1. The van der Waals surface area contributed by atoms with Crippen LogP contribution in [0.25, 0.3) is 0 Å². The standard InChI is InChI=1S/C7H7ClO4/c1-4(8)6(9)12-5-2-3-11-7(5)10/h5H,1-3H2. The third-order valence-corrected chi connectivity index (χ3v) is 1.51. The Hall–Kier alpha value is -1.03. The molecular formula is C7H7ClO4. The molecule has 5 heteroatoms. The third kappa shape index (κ3) is 1.98. The fourth-order valence-electron chi connectivity index (χ4n) is 0.778. The summed E-state index contributed by atoms with van der Waals surface area (Å²) in [6.45, 7) is 3.44. The first kappa shape index (κ1) is 9.06. The Labute approximate surface area is 74.1 Å². The quantitative estimate of drug-likeness (QED) is 0.473. The van der Waals surface area contributed by atoms with E-state index in [0.29, 0.717) is 6.42 Å². The number of cyclic esters (lactones) is 1. The minimum absolute atomic E-state index is 0.241. The van der Waals surface area contributed by atoms with Crippen molar-refractivity contribution in [2.75, 3.05) is 6.61 Å². The molecule has 0 saturated carbocycles. The largest absolute Gasteiger partial charge is 0.463 e. The monoisotopic (exact) mass is 190 g/mol. The number of esters is 2. The Morgan fingerprint density at radius 2 is 2.42 bits per heavy atom. The maximum absolute atomic E-state index is 10.8. The topological polar surface area (TPSA) is 52.6 Å². The van der Waals surface area contributed by atoms with Gasteiger partial charge < -0.3 is 9.47 Å². The lowest BCUT2D eigenvalue weighted by Gasteiger charge is -2.05. The van der Waals surface area contributed by atoms with Crippen LogP contribution in [-0.4, -0.2) is 24.6 Å². The number of carbonyl (C=O) groups is 2. The maximum Gasteiger partial charge on any atom is 0.349 e. The molecule has 1 aliphatic rings. The molecule has 1 aliphatic heterocycles. The van der Waals surface area contributed by atoms with Crippen molar-refractivity contribution in [1.29, 1.82) is 0 Å². The van der Waals surface area contributed by atoms with Crippen LogP contribution in [0.5, 0.6) is 0 Å². The molecule has 1 saturated heterocycles. The predicted molar refractivity (Wildman–Crippen MR) is 40.4 cm³/mol. The van der Waals surface area contributed by atoms with Gasteiger partial charge in [0.25, 0.3) is 0 Å². The second kappa shape index (κ2) is 3.58. The highest BCUT2D eigenvalue weighted by Gasteiger charge is 2.30. The van der Waals surface area contributed by atoms with Gasteiger partial charge in [0.05, 0.1) is 6.61 Å². The summed E-state index contributed by atoms with van der Waals surface area (Å²) in [6.07, 6.45) is -0.428. The van der Waals surface area contributed by atoms with Gasteiger partial charge in [0, 0.05) is 6.42 Å². The molecule has 66 valence electrons. The van der Waals surface area contributed by atoms with Gasteiger partial charge >= 0.3 is 11.9 Å². The van der Waals surface area contributed by atoms with E-state index in [1.807, 2.05) is 0 Å². The molecule has 1 rings (SSSR count). The van der Waals surface area contributed by atoms with E-state index in [9.17, 15) is 9.59 Å². The summed E-state index contributed by atoms with van der Waals surface area (Å²) in [5.74, 6) is -1.30. The summed E-state index contributed by atoms with van der Waals surface area (Å²) in [5, 5.41) is -0.241. The van der Waals surface area contributed by atoms with Gasteiger partial charge in [-0.15, -0.1) is 0 Å². The molecule has 0 aliphatic carbocycles. The molecule has 12 heavy (non-hydrogen) atoms. The van der Waals surface area contributed by atoms with Crippen LogP contribution >= 0.6 is 11.6 Å². The SMILES string of the molecule is C=C(Cl)C(=O)OC1CCOC1=O. The Bertz CT molecular complexity index is 236. The van der Waals surface area contributed by atoms with E-state index >= 15 is 0 Å². The Kier molecular flexibility index (Phi) is 2.70. The number of rotatable bonds is 2. The van der Waals surface area contributed by atoms with Crippen LogP contribution in [0.3, 0.4) is 0 Å². The molecule has 0 aromatic rings. The molecule has 1 atom stereocenters. The molecule has 0 bridgehead atoms. The molecule has 1 heterocycles. The molecule has 0 spiro atoms. The van der Waals surface area contributed by atoms with Crippen molar-refractivity contribution in [2.24, 2.45) is 0 Å². The first-order valence-corrected chi connectivity index (χ1v) is 3.71. The molecular weight excluding hydrogens is 184 g/mol. The first-order chi connectivity index (χ1) is 5.61. The Morgan fingerprint density at radius 3 is 2.83 bits per heavy atom. The van der Waals surface area contributed by atoms with E-state index < -0.39 is 18.0 Å². The van der Waals surface area contributed by atoms with Gasteiger partial charge in [-0.1, -0.05) is 18.2 Å². The van der Waals surface area contributed by atoms with E-state index in [4.69, 9.17) is 11.6 Å². The van der Waals surface area contributed by atoms with Crippen LogP contribution in [0.4, 0.5) is 0 Å². The van der Waals surface area contributed by atoms with Gasteiger partial charge in [-0.2, -0.15) is 0 Å². The van der Waals surface area contributed by atoms with Gasteiger partial charge in [-0.05, 0) is 0 Å². The van der Waals surface area contributed by atoms with Crippen LogP contribution < -0.4 is 0 Å². The van der Waals surface area contributed by atoms with E-state index in [1.54, 1.807) is 0 Å². The number of hydrogen-bond donors (Lipinski definition) is 0. The summed E-state index contributed by atoms with van der Waals surface area (Å²) in [7, 11) is 0. The summed E-state index contributed by atoms with van der Waals surface area (Å²) < 4.78 is 9.20. The second-order valence-electron chi connectivity index (χ2n) is 2.26. The van der Waals surface area contributed by atoms with E-state index in [-0.39, 0.29) is 11.6 Å². The molecule has 0 aromatic carbocycles. The fourth-order valence-corrected chi connectivity index (χ4v) is 0.822. The lowest BCUT2D eigenvalue weighted by Crippen LogP contribution is -2.22. The van der Waals surface area contributed by atoms with Gasteiger partial charge in [0.15, 0.2) is 0 Å². The zero-order valence-corrected chi connectivity index (χ0v) is 6.97. The van der Waals surface area contributed by atoms with Crippen LogP contribution in [0.1, 0.15) is 6.42 Å². The lowest BCUT2D eigenvalue weighted by molar-refractivity contribution is -0.157. The zero-order valence-electron chi connectivity index (χ0n) is 6.21. The number of hydrogen-bond acceptors (Lipinski definition) is 4. The predicted octanol–water partition coefficient (Wildman–Crippen LogP) is 0.598. The second-order valence-corrected chi connectivity index (χ2v) is 2.71. The highest BCUT2D eigenvalue weighted by Crippen LogP contribution is 2.12. The van der Waals surface area contributed by atoms with Crippen molar-refractivity contribution >= 4 is 23.5 Å². The smallest absolute Gasteiger partial charge is 0.349 e. The zero-order chi connectivity index (χ0) is 9.14. The fraction of sp³-hybridized carbons (Fsp3) is 0.429. The van der Waals surface area contributed by atoms with E-state index in [1.165, 1.54) is 0 Å². The molecule has 1 fully saturated rings. The molecule has 0 aromatic heterocycles. The molecule has 4 nitrogen and oxygen atoms in total. The molecule has 0 amide bonds. The van der Waals surface area contributed by atoms with Crippen LogP contribution in [-0.2, 0) is 19.1 Å². The Balaban J connectivity index is 2.46. The maximum atomic E-state index is 10.8. The molecule has 0 radical (unpaired) electrons. The van der Waals surface area contributed by atoms with Gasteiger partial charge in [0.1, 0.15) is 5.03 Å². The lowest BCUT2D eigenvalue weighted by atomic mass is 10.3. The van der Waals surface area contributed by atoms with Gasteiger partial charge in [-0.25, -0.2) is 9.59 Å². The van der Waals surface area contributed by atoms with Crippen molar-refractivity contribution in [3.05, 3.63) is 11.6 Å². The minimum atomic E-state index is -0.812. The number of carbonyl (C=O) groups excluding carboxylic acids is 2. The summed E-state index contributed by atoms with van der Waals surface area (Å²) in [6, 6.07) is 0. The third-order valence-electron chi connectivity index (χ3n) is 1.36. The van der Waals surface area contributed by atoms with Gasteiger partial charge in [-0.3, -0.25) is 0 Å². The van der Waals surface area contributed by atoms with Gasteiger partial charge in [0.2, 0.25) is 6.10 Å². The molecule has 0 N–H and O–H groups in total. The van der Waals surface area contributed by atoms with Crippen molar-refractivity contribution in [3.63, 3.8) is 0 Å². The van der Waals surface area contributed by atoms with E-state index in [2.05, 4.69) is 16.1 Å². The Morgan fingerprint density at radius 1 is 1.75 bits per heavy atom. The highest BCUT2D eigenvalue weighted by atomic mass is 35.5. The van der Waals surface area contributed by atoms with Crippen molar-refractivity contribution in [3.8, 4) is 0 Å². The van der Waals surface area contributed by atoms with Crippen LogP contribution in [0, 0.1) is 0 Å². The summed E-state index contributed by atoms with van der Waals surface area (Å²) >= 11 is 5.23. The highest BCUT2D eigenvalue weighted by molar-refractivity contribution is 6.40. The van der Waals surface area contributed by atoms with E-state index in [0.717, 1.165) is 0 Å². The van der Waals surface area contributed by atoms with Crippen LogP contribution in [0.2, 0.25) is 0 Å². The normalized spacial score (nSPS) is 21.8. The molecule has 1 unspecified atom stereocenters. The van der Waals surface area contributed by atoms with Crippen molar-refractivity contribution in [1.82, 2.24) is 0 Å². The van der Waals surface area contributed by atoms with Crippen molar-refractivity contribution < 1.29 is 19.1 Å². The van der Waals surface area contributed by atoms with Crippen LogP contribution in [0.15, 0.2) is 11.6 Å². The number of ether oxygens (including phenoxy) is 2. The minimum Gasteiger partial charge on any atom is -0.463 e. The van der Waals surface area contributed by atoms with Crippen molar-refractivity contribution in [2.45, 2.75) is 12.5 Å². The average molecular weight is 191 g/mol. The average Bonchev–Trinajstić information content (AvgIpc) is 2.36. The summed E-state index contributed by atoms with van der Waals surface area (Å²) in [5.41, 5.74) is 0. The first-order valence-electron chi connectivity index (χ1n) is 3.33.